The molecule has 1 saturated carbocycles. The third-order valence-corrected chi connectivity index (χ3v) is 5.42. The van der Waals surface area contributed by atoms with Crippen molar-refractivity contribution >= 4 is 21.4 Å². The summed E-state index contributed by atoms with van der Waals surface area (Å²) < 4.78 is 26.4. The summed E-state index contributed by atoms with van der Waals surface area (Å²) in [6.07, 6.45) is 2.21. The molecule has 3 N–H and O–H groups in total. The first-order valence-electron chi connectivity index (χ1n) is 5.22. The van der Waals surface area contributed by atoms with E-state index >= 15 is 0 Å². The van der Waals surface area contributed by atoms with Crippen LogP contribution < -0.4 is 10.5 Å². The molecule has 0 amide bonds. The Kier molecular flexibility index (Phi) is 3.09. The first kappa shape index (κ1) is 12.0. The average Bonchev–Trinajstić information content (AvgIpc) is 2.81. The van der Waals surface area contributed by atoms with Crippen molar-refractivity contribution in [2.45, 2.75) is 31.2 Å². The number of hydrogen-bond donors (Lipinski definition) is 2. The van der Waals surface area contributed by atoms with E-state index in [4.69, 9.17) is 5.73 Å². The summed E-state index contributed by atoms with van der Waals surface area (Å²) in [5.74, 6) is 0. The molecule has 0 radical (unpaired) electrons. The Balaban J connectivity index is 2.06. The van der Waals surface area contributed by atoms with Crippen LogP contribution in [0.1, 0.15) is 24.6 Å². The maximum Gasteiger partial charge on any atom is 0.241 e. The molecule has 0 aromatic carbocycles. The van der Waals surface area contributed by atoms with Crippen LogP contribution in [-0.2, 0) is 16.6 Å². The van der Waals surface area contributed by atoms with E-state index in [9.17, 15) is 8.42 Å². The lowest BCUT2D eigenvalue weighted by Gasteiger charge is -2.09. The lowest BCUT2D eigenvalue weighted by atomic mass is 10.2. The summed E-state index contributed by atoms with van der Waals surface area (Å²) in [4.78, 5) is 1.22. The molecule has 0 aliphatic heterocycles. The van der Waals surface area contributed by atoms with Gasteiger partial charge < -0.3 is 5.73 Å². The topological polar surface area (TPSA) is 72.2 Å². The molecule has 0 saturated heterocycles. The molecule has 0 unspecified atom stereocenters. The molecule has 1 aliphatic carbocycles. The number of nitrogens with one attached hydrogen (secondary N) is 1. The fourth-order valence-corrected chi connectivity index (χ4v) is 3.71. The highest BCUT2D eigenvalue weighted by Gasteiger charge is 2.38. The Bertz CT molecular complexity index is 475. The predicted octanol–water partition coefficient (Wildman–Crippen LogP) is 1.29. The second-order valence-corrected chi connectivity index (χ2v) is 7.35. The lowest BCUT2D eigenvalue weighted by molar-refractivity contribution is 0.530. The quantitative estimate of drug-likeness (QED) is 0.838. The van der Waals surface area contributed by atoms with Gasteiger partial charge in [0, 0.05) is 23.3 Å². The van der Waals surface area contributed by atoms with Crippen LogP contribution in [0.25, 0.3) is 0 Å². The van der Waals surface area contributed by atoms with E-state index in [1.165, 1.54) is 11.3 Å². The lowest BCUT2D eigenvalue weighted by Crippen LogP contribution is -2.28. The van der Waals surface area contributed by atoms with E-state index < -0.39 is 10.0 Å². The molecular formula is C10H16N2O2S2. The van der Waals surface area contributed by atoms with Gasteiger partial charge in [0.15, 0.2) is 0 Å². The zero-order valence-electron chi connectivity index (χ0n) is 9.19. The largest absolute Gasteiger partial charge is 0.326 e. The number of nitrogens with two attached hydrogens (primary N) is 1. The molecule has 1 heterocycles. The van der Waals surface area contributed by atoms with Gasteiger partial charge in [-0.3, -0.25) is 0 Å². The smallest absolute Gasteiger partial charge is 0.241 e. The zero-order valence-corrected chi connectivity index (χ0v) is 10.8. The molecule has 6 heteroatoms. The van der Waals surface area contributed by atoms with Crippen molar-refractivity contribution in [3.05, 3.63) is 16.3 Å². The van der Waals surface area contributed by atoms with Gasteiger partial charge >= 0.3 is 0 Å². The van der Waals surface area contributed by atoms with Crippen molar-refractivity contribution in [2.75, 3.05) is 6.54 Å². The van der Waals surface area contributed by atoms with Crippen LogP contribution in [0, 0.1) is 5.41 Å². The van der Waals surface area contributed by atoms with Gasteiger partial charge in [0.05, 0.1) is 4.90 Å². The highest BCUT2D eigenvalue weighted by molar-refractivity contribution is 7.89. The summed E-state index contributed by atoms with van der Waals surface area (Å²) in [6.45, 7) is 3.01. The van der Waals surface area contributed by atoms with E-state index in [1.807, 2.05) is 0 Å². The second kappa shape index (κ2) is 4.10. The fourth-order valence-electron chi connectivity index (χ4n) is 1.35. The van der Waals surface area contributed by atoms with Crippen LogP contribution in [0.2, 0.25) is 0 Å². The Morgan fingerprint density at radius 2 is 2.25 bits per heavy atom. The molecule has 1 aromatic rings. The highest BCUT2D eigenvalue weighted by Crippen LogP contribution is 2.44. The standard InChI is InChI=1S/C10H16N2O2S2/c1-10(2-3-10)7-12-16(13,14)9-4-8(5-11)15-6-9/h4,6,12H,2-3,5,7,11H2,1H3. The van der Waals surface area contributed by atoms with Gasteiger partial charge in [-0.05, 0) is 24.3 Å². The molecule has 0 spiro atoms. The Morgan fingerprint density at radius 1 is 1.56 bits per heavy atom. The van der Waals surface area contributed by atoms with E-state index in [2.05, 4.69) is 11.6 Å². The van der Waals surface area contributed by atoms with E-state index in [0.717, 1.165) is 17.7 Å². The minimum absolute atomic E-state index is 0.180. The number of rotatable bonds is 5. The number of hydrogen-bond acceptors (Lipinski definition) is 4. The molecule has 0 atom stereocenters. The second-order valence-electron chi connectivity index (χ2n) is 4.59. The molecule has 2 rings (SSSR count). The van der Waals surface area contributed by atoms with Crippen LogP contribution in [0.15, 0.2) is 16.3 Å². The van der Waals surface area contributed by atoms with Crippen LogP contribution in [0.3, 0.4) is 0 Å². The Labute approximate surface area is 99.9 Å². The number of sulfonamides is 1. The molecule has 90 valence electrons. The van der Waals surface area contributed by atoms with Crippen LogP contribution in [0.4, 0.5) is 0 Å². The Hall–Kier alpha value is -0.430. The monoisotopic (exact) mass is 260 g/mol. The minimum atomic E-state index is -3.34. The van der Waals surface area contributed by atoms with Gasteiger partial charge in [0.25, 0.3) is 0 Å². The summed E-state index contributed by atoms with van der Waals surface area (Å²) >= 11 is 1.38. The minimum Gasteiger partial charge on any atom is -0.326 e. The maximum atomic E-state index is 11.9. The zero-order chi connectivity index (χ0) is 11.8. The summed E-state index contributed by atoms with van der Waals surface area (Å²) in [7, 11) is -3.34. The van der Waals surface area contributed by atoms with Crippen molar-refractivity contribution in [1.82, 2.24) is 4.72 Å². The predicted molar refractivity (Wildman–Crippen MR) is 64.7 cm³/mol. The van der Waals surface area contributed by atoms with Gasteiger partial charge in [0.1, 0.15) is 0 Å². The SMILES string of the molecule is CC1(CNS(=O)(=O)c2csc(CN)c2)CC1. The van der Waals surface area contributed by atoms with Gasteiger partial charge in [-0.15, -0.1) is 11.3 Å². The van der Waals surface area contributed by atoms with E-state index in [1.54, 1.807) is 11.4 Å². The van der Waals surface area contributed by atoms with Crippen molar-refractivity contribution in [3.63, 3.8) is 0 Å². The third-order valence-electron chi connectivity index (χ3n) is 2.93. The van der Waals surface area contributed by atoms with Crippen molar-refractivity contribution in [1.29, 1.82) is 0 Å². The van der Waals surface area contributed by atoms with Crippen molar-refractivity contribution in [2.24, 2.45) is 11.1 Å². The molecule has 1 aromatic heterocycles. The van der Waals surface area contributed by atoms with Crippen LogP contribution in [0.5, 0.6) is 0 Å². The Morgan fingerprint density at radius 3 is 2.75 bits per heavy atom. The van der Waals surface area contributed by atoms with Gasteiger partial charge in [-0.2, -0.15) is 0 Å². The highest BCUT2D eigenvalue weighted by atomic mass is 32.2. The van der Waals surface area contributed by atoms with Gasteiger partial charge in [-0.1, -0.05) is 6.92 Å². The average molecular weight is 260 g/mol. The first-order chi connectivity index (χ1) is 7.45. The molecular weight excluding hydrogens is 244 g/mol. The molecule has 1 fully saturated rings. The third kappa shape index (κ3) is 2.63. The maximum absolute atomic E-state index is 11.9. The summed E-state index contributed by atoms with van der Waals surface area (Å²) in [5, 5.41) is 1.64. The fraction of sp³-hybridized carbons (Fsp3) is 0.600. The summed E-state index contributed by atoms with van der Waals surface area (Å²) in [6, 6.07) is 1.64. The molecule has 0 bridgehead atoms. The normalized spacial score (nSPS) is 18.6. The van der Waals surface area contributed by atoms with E-state index in [0.29, 0.717) is 18.0 Å². The molecule has 16 heavy (non-hydrogen) atoms. The van der Waals surface area contributed by atoms with Gasteiger partial charge in [-0.25, -0.2) is 13.1 Å². The van der Waals surface area contributed by atoms with E-state index in [-0.39, 0.29) is 5.41 Å². The van der Waals surface area contributed by atoms with Gasteiger partial charge in [0.2, 0.25) is 10.0 Å². The van der Waals surface area contributed by atoms with Crippen LogP contribution >= 0.6 is 11.3 Å². The van der Waals surface area contributed by atoms with Crippen LogP contribution in [-0.4, -0.2) is 15.0 Å². The number of thiophene rings is 1. The first-order valence-corrected chi connectivity index (χ1v) is 7.59. The molecule has 1 aliphatic rings. The van der Waals surface area contributed by atoms with Crippen molar-refractivity contribution < 1.29 is 8.42 Å². The molecule has 4 nitrogen and oxygen atoms in total. The summed E-state index contributed by atoms with van der Waals surface area (Å²) in [5.41, 5.74) is 5.64. The van der Waals surface area contributed by atoms with Crippen molar-refractivity contribution in [3.8, 4) is 0 Å².